The molecule has 1 N–H and O–H groups in total. The van der Waals surface area contributed by atoms with Gasteiger partial charge in [0, 0.05) is 29.3 Å². The number of benzene rings is 2. The molecule has 1 aliphatic rings. The number of thiophene rings is 1. The first kappa shape index (κ1) is 19.0. The summed E-state index contributed by atoms with van der Waals surface area (Å²) < 4.78 is 31.2. The lowest BCUT2D eigenvalue weighted by Gasteiger charge is -2.20. The maximum atomic E-state index is 14.3. The van der Waals surface area contributed by atoms with Gasteiger partial charge in [-0.2, -0.15) is 0 Å². The molecule has 4 rings (SSSR count). The molecule has 0 fully saturated rings. The van der Waals surface area contributed by atoms with Gasteiger partial charge in [0.25, 0.3) is 5.91 Å². The van der Waals surface area contributed by atoms with E-state index >= 15 is 0 Å². The van der Waals surface area contributed by atoms with Crippen LogP contribution in [0, 0.1) is 5.82 Å². The molecule has 0 spiro atoms. The van der Waals surface area contributed by atoms with Crippen LogP contribution in [0.25, 0.3) is 10.1 Å². The van der Waals surface area contributed by atoms with Crippen LogP contribution in [0.5, 0.6) is 11.5 Å². The van der Waals surface area contributed by atoms with Crippen LogP contribution in [0.4, 0.5) is 4.39 Å². The summed E-state index contributed by atoms with van der Waals surface area (Å²) in [6.45, 7) is 1.30. The van der Waals surface area contributed by atoms with Crippen LogP contribution in [-0.2, 0) is 17.9 Å². The van der Waals surface area contributed by atoms with Gasteiger partial charge in [0.15, 0.2) is 11.5 Å². The summed E-state index contributed by atoms with van der Waals surface area (Å²) in [6, 6.07) is 8.33. The summed E-state index contributed by atoms with van der Waals surface area (Å²) in [5.41, 5.74) is 1.33. The third kappa shape index (κ3) is 3.53. The van der Waals surface area contributed by atoms with Crippen molar-refractivity contribution in [1.29, 1.82) is 0 Å². The zero-order valence-electron chi connectivity index (χ0n) is 15.0. The van der Waals surface area contributed by atoms with Gasteiger partial charge in [0.05, 0.1) is 16.5 Å². The Morgan fingerprint density at radius 2 is 2.14 bits per heavy atom. The lowest BCUT2D eigenvalue weighted by molar-refractivity contribution is 0.0950. The van der Waals surface area contributed by atoms with Crippen LogP contribution in [0.2, 0.25) is 5.02 Å². The van der Waals surface area contributed by atoms with Gasteiger partial charge in [-0.3, -0.25) is 4.79 Å². The Bertz CT molecular complexity index is 1050. The van der Waals surface area contributed by atoms with Gasteiger partial charge in [0.2, 0.25) is 0 Å². The van der Waals surface area contributed by atoms with E-state index in [4.69, 9.17) is 25.8 Å². The second-order valence-electron chi connectivity index (χ2n) is 6.24. The first-order valence-corrected chi connectivity index (χ1v) is 9.83. The SMILES string of the molecule is COCc1c(C(=O)NCc2cc(Cl)c3c(c2)OCCO3)sc2cccc(F)c12. The topological polar surface area (TPSA) is 56.8 Å². The number of fused-ring (bicyclic) bond motifs is 2. The zero-order valence-corrected chi connectivity index (χ0v) is 16.6. The highest BCUT2D eigenvalue weighted by molar-refractivity contribution is 7.21. The second-order valence-corrected chi connectivity index (χ2v) is 7.70. The molecular weight excluding hydrogens is 405 g/mol. The molecule has 146 valence electrons. The van der Waals surface area contributed by atoms with E-state index in [-0.39, 0.29) is 24.9 Å². The van der Waals surface area contributed by atoms with Crippen molar-refractivity contribution in [2.45, 2.75) is 13.2 Å². The molecule has 0 aliphatic carbocycles. The zero-order chi connectivity index (χ0) is 19.7. The van der Waals surface area contributed by atoms with Crippen LogP contribution in [0.1, 0.15) is 20.8 Å². The highest BCUT2D eigenvalue weighted by Gasteiger charge is 2.21. The average Bonchev–Trinajstić information content (AvgIpc) is 3.06. The highest BCUT2D eigenvalue weighted by Crippen LogP contribution is 2.38. The minimum atomic E-state index is -0.363. The standard InChI is InChI=1S/C20H17ClFNO4S/c1-25-10-12-17-14(22)3-2-4-16(17)28-19(12)20(24)23-9-11-7-13(21)18-15(8-11)26-5-6-27-18/h2-4,7-8H,5-6,9-10H2,1H3,(H,23,24). The van der Waals surface area contributed by atoms with Crippen molar-refractivity contribution in [1.82, 2.24) is 5.32 Å². The number of amides is 1. The van der Waals surface area contributed by atoms with E-state index in [2.05, 4.69) is 5.32 Å². The van der Waals surface area contributed by atoms with Gasteiger partial charge in [-0.05, 0) is 29.8 Å². The summed E-state index contributed by atoms with van der Waals surface area (Å²) in [4.78, 5) is 13.2. The van der Waals surface area contributed by atoms with Crippen molar-refractivity contribution in [3.05, 3.63) is 57.2 Å². The van der Waals surface area contributed by atoms with Gasteiger partial charge < -0.3 is 19.5 Å². The molecular formula is C20H17ClFNO4S. The van der Waals surface area contributed by atoms with E-state index in [1.165, 1.54) is 24.5 Å². The maximum absolute atomic E-state index is 14.3. The number of ether oxygens (including phenoxy) is 3. The first-order valence-electron chi connectivity index (χ1n) is 8.63. The molecule has 0 atom stereocenters. The predicted molar refractivity (Wildman–Crippen MR) is 106 cm³/mol. The minimum absolute atomic E-state index is 0.152. The Morgan fingerprint density at radius 1 is 1.32 bits per heavy atom. The number of hydrogen-bond acceptors (Lipinski definition) is 5. The first-order chi connectivity index (χ1) is 13.6. The van der Waals surface area contributed by atoms with Crippen molar-refractivity contribution >= 4 is 38.9 Å². The molecule has 0 saturated heterocycles. The van der Waals surface area contributed by atoms with Crippen molar-refractivity contribution in [3.8, 4) is 11.5 Å². The molecule has 3 aromatic rings. The number of carbonyl (C=O) groups excluding carboxylic acids is 1. The molecule has 1 aromatic heterocycles. The van der Waals surface area contributed by atoms with E-state index in [1.807, 2.05) is 0 Å². The normalized spacial score (nSPS) is 13.0. The van der Waals surface area contributed by atoms with Crippen LogP contribution in [-0.4, -0.2) is 26.2 Å². The molecule has 5 nitrogen and oxygen atoms in total. The second kappa shape index (κ2) is 7.95. The average molecular weight is 422 g/mol. The molecule has 8 heteroatoms. The molecule has 0 unspecified atom stereocenters. The molecule has 0 saturated carbocycles. The molecule has 1 amide bonds. The highest BCUT2D eigenvalue weighted by atomic mass is 35.5. The van der Waals surface area contributed by atoms with E-state index in [1.54, 1.807) is 24.3 Å². The number of carbonyl (C=O) groups is 1. The third-order valence-corrected chi connectivity index (χ3v) is 5.84. The molecule has 1 aliphatic heterocycles. The number of methoxy groups -OCH3 is 1. The fourth-order valence-corrected chi connectivity index (χ4v) is 4.59. The van der Waals surface area contributed by atoms with Gasteiger partial charge in [-0.25, -0.2) is 4.39 Å². The van der Waals surface area contributed by atoms with Crippen molar-refractivity contribution in [2.75, 3.05) is 20.3 Å². The smallest absolute Gasteiger partial charge is 0.262 e. The Labute approximate surface area is 170 Å². The van der Waals surface area contributed by atoms with Crippen LogP contribution >= 0.6 is 22.9 Å². The van der Waals surface area contributed by atoms with E-state index in [9.17, 15) is 9.18 Å². The van der Waals surface area contributed by atoms with Gasteiger partial charge in [-0.15, -0.1) is 11.3 Å². The van der Waals surface area contributed by atoms with Crippen LogP contribution < -0.4 is 14.8 Å². The monoisotopic (exact) mass is 421 g/mol. The quantitative estimate of drug-likeness (QED) is 0.657. The van der Waals surface area contributed by atoms with E-state index < -0.39 is 0 Å². The largest absolute Gasteiger partial charge is 0.486 e. The number of nitrogens with one attached hydrogen (secondary N) is 1. The lowest BCUT2D eigenvalue weighted by Crippen LogP contribution is -2.23. The minimum Gasteiger partial charge on any atom is -0.486 e. The number of halogens is 2. The Kier molecular flexibility index (Phi) is 5.39. The van der Waals surface area contributed by atoms with Gasteiger partial charge >= 0.3 is 0 Å². The predicted octanol–water partition coefficient (Wildman–Crippen LogP) is 4.54. The van der Waals surface area contributed by atoms with E-state index in [0.29, 0.717) is 50.3 Å². The van der Waals surface area contributed by atoms with Crippen LogP contribution in [0.3, 0.4) is 0 Å². The number of hydrogen-bond donors (Lipinski definition) is 1. The third-order valence-electron chi connectivity index (χ3n) is 4.37. The fourth-order valence-electron chi connectivity index (χ4n) is 3.16. The molecule has 0 radical (unpaired) electrons. The molecule has 2 aromatic carbocycles. The maximum Gasteiger partial charge on any atom is 0.262 e. The Hall–Kier alpha value is -2.35. The summed E-state index contributed by atoms with van der Waals surface area (Å²) in [5, 5.41) is 3.73. The van der Waals surface area contributed by atoms with Crippen molar-refractivity contribution in [3.63, 3.8) is 0 Å². The van der Waals surface area contributed by atoms with Gasteiger partial charge in [0.1, 0.15) is 19.0 Å². The van der Waals surface area contributed by atoms with Gasteiger partial charge in [-0.1, -0.05) is 17.7 Å². The Balaban J connectivity index is 1.58. The molecule has 28 heavy (non-hydrogen) atoms. The fraction of sp³-hybridized carbons (Fsp3) is 0.250. The lowest BCUT2D eigenvalue weighted by atomic mass is 10.1. The van der Waals surface area contributed by atoms with Crippen LogP contribution in [0.15, 0.2) is 30.3 Å². The number of rotatable bonds is 5. The van der Waals surface area contributed by atoms with Crippen molar-refractivity contribution in [2.24, 2.45) is 0 Å². The van der Waals surface area contributed by atoms with E-state index in [0.717, 1.165) is 5.56 Å². The van der Waals surface area contributed by atoms with Crippen molar-refractivity contribution < 1.29 is 23.4 Å². The summed E-state index contributed by atoms with van der Waals surface area (Å²) >= 11 is 7.49. The molecule has 2 heterocycles. The molecule has 0 bridgehead atoms. The summed E-state index contributed by atoms with van der Waals surface area (Å²) in [5.74, 6) is 0.425. The Morgan fingerprint density at radius 3 is 2.96 bits per heavy atom. The summed E-state index contributed by atoms with van der Waals surface area (Å²) in [6.07, 6.45) is 0. The summed E-state index contributed by atoms with van der Waals surface area (Å²) in [7, 11) is 1.52.